The molecule has 0 aliphatic heterocycles. The van der Waals surface area contributed by atoms with E-state index in [1.165, 1.54) is 0 Å². The van der Waals surface area contributed by atoms with Crippen molar-refractivity contribution < 1.29 is 0 Å². The number of nitrogens with zero attached hydrogens (tertiary/aromatic N) is 3. The SMILES string of the molecule is Cc1cc(C(C)C)nc(N(C)CC(C)Br)n1. The minimum Gasteiger partial charge on any atom is -0.343 e. The van der Waals surface area contributed by atoms with Crippen molar-refractivity contribution in [2.45, 2.75) is 38.4 Å². The minimum absolute atomic E-state index is 0.434. The van der Waals surface area contributed by atoms with E-state index in [0.717, 1.165) is 23.9 Å². The number of aromatic nitrogens is 2. The van der Waals surface area contributed by atoms with Gasteiger partial charge in [0.25, 0.3) is 0 Å². The lowest BCUT2D eigenvalue weighted by molar-refractivity contribution is 0.778. The fraction of sp³-hybridized carbons (Fsp3) is 0.667. The molecule has 3 nitrogen and oxygen atoms in total. The molecule has 1 aromatic heterocycles. The van der Waals surface area contributed by atoms with Crippen LogP contribution >= 0.6 is 15.9 Å². The summed E-state index contributed by atoms with van der Waals surface area (Å²) in [5, 5.41) is 0. The lowest BCUT2D eigenvalue weighted by Gasteiger charge is -2.20. The zero-order valence-electron chi connectivity index (χ0n) is 10.7. The summed E-state index contributed by atoms with van der Waals surface area (Å²) in [6.45, 7) is 9.34. The topological polar surface area (TPSA) is 29.0 Å². The first-order chi connectivity index (χ1) is 7.40. The van der Waals surface area contributed by atoms with Gasteiger partial charge in [0.1, 0.15) is 0 Å². The maximum Gasteiger partial charge on any atom is 0.225 e. The van der Waals surface area contributed by atoms with Gasteiger partial charge < -0.3 is 4.90 Å². The minimum atomic E-state index is 0.434. The van der Waals surface area contributed by atoms with Crippen molar-refractivity contribution in [3.05, 3.63) is 17.5 Å². The van der Waals surface area contributed by atoms with Crippen molar-refractivity contribution in [2.75, 3.05) is 18.5 Å². The van der Waals surface area contributed by atoms with Crippen molar-refractivity contribution in [1.82, 2.24) is 9.97 Å². The summed E-state index contributed by atoms with van der Waals surface area (Å²) in [7, 11) is 2.02. The van der Waals surface area contributed by atoms with E-state index in [-0.39, 0.29) is 0 Å². The second-order valence-electron chi connectivity index (χ2n) is 4.55. The summed E-state index contributed by atoms with van der Waals surface area (Å²) in [5.74, 6) is 1.25. The highest BCUT2D eigenvalue weighted by molar-refractivity contribution is 9.09. The first-order valence-corrected chi connectivity index (χ1v) is 6.52. The van der Waals surface area contributed by atoms with Gasteiger partial charge in [-0.05, 0) is 18.9 Å². The molecule has 0 aromatic carbocycles. The van der Waals surface area contributed by atoms with Crippen LogP contribution < -0.4 is 4.90 Å². The third kappa shape index (κ3) is 3.74. The molecule has 16 heavy (non-hydrogen) atoms. The van der Waals surface area contributed by atoms with Crippen LogP contribution in [-0.4, -0.2) is 28.4 Å². The first kappa shape index (κ1) is 13.4. The standard InChI is InChI=1S/C12H20BrN3/c1-8(2)11-6-10(4)14-12(15-11)16(5)7-9(3)13/h6,8-9H,7H2,1-5H3. The predicted molar refractivity (Wildman–Crippen MR) is 72.5 cm³/mol. The Morgan fingerprint density at radius 2 is 1.94 bits per heavy atom. The van der Waals surface area contributed by atoms with Gasteiger partial charge in [-0.1, -0.05) is 36.7 Å². The highest BCUT2D eigenvalue weighted by Crippen LogP contribution is 2.16. The first-order valence-electron chi connectivity index (χ1n) is 5.61. The summed E-state index contributed by atoms with van der Waals surface area (Å²) in [6.07, 6.45) is 0. The molecule has 1 atom stereocenters. The van der Waals surface area contributed by atoms with E-state index in [1.807, 2.05) is 14.0 Å². The summed E-state index contributed by atoms with van der Waals surface area (Å²) in [4.78, 5) is 11.6. The van der Waals surface area contributed by atoms with Crippen molar-refractivity contribution in [3.63, 3.8) is 0 Å². The van der Waals surface area contributed by atoms with E-state index in [0.29, 0.717) is 10.7 Å². The molecule has 1 rings (SSSR count). The zero-order chi connectivity index (χ0) is 12.3. The molecule has 0 spiro atoms. The fourth-order valence-electron chi connectivity index (χ4n) is 1.50. The van der Waals surface area contributed by atoms with Gasteiger partial charge in [0.2, 0.25) is 5.95 Å². The average molecular weight is 286 g/mol. The molecule has 0 amide bonds. The lowest BCUT2D eigenvalue weighted by atomic mass is 10.1. The summed E-state index contributed by atoms with van der Waals surface area (Å²) in [6, 6.07) is 2.06. The summed E-state index contributed by atoms with van der Waals surface area (Å²) >= 11 is 3.54. The van der Waals surface area contributed by atoms with Crippen molar-refractivity contribution in [1.29, 1.82) is 0 Å². The van der Waals surface area contributed by atoms with Crippen LogP contribution in [0, 0.1) is 6.92 Å². The van der Waals surface area contributed by atoms with Crippen molar-refractivity contribution >= 4 is 21.9 Å². The molecule has 0 bridgehead atoms. The van der Waals surface area contributed by atoms with Crippen LogP contribution in [0.15, 0.2) is 6.07 Å². The molecule has 0 aliphatic rings. The van der Waals surface area contributed by atoms with Crippen LogP contribution in [-0.2, 0) is 0 Å². The van der Waals surface area contributed by atoms with Gasteiger partial charge in [-0.3, -0.25) is 0 Å². The Balaban J connectivity index is 2.95. The second kappa shape index (κ2) is 5.62. The molecule has 1 heterocycles. The summed E-state index contributed by atoms with van der Waals surface area (Å²) < 4.78 is 0. The van der Waals surface area contributed by atoms with Crippen LogP contribution in [0.5, 0.6) is 0 Å². The Bertz CT molecular complexity index is 350. The molecule has 1 unspecified atom stereocenters. The summed E-state index contributed by atoms with van der Waals surface area (Å²) in [5.41, 5.74) is 2.14. The lowest BCUT2D eigenvalue weighted by Crippen LogP contribution is -2.26. The van der Waals surface area contributed by atoms with Crippen LogP contribution in [0.1, 0.15) is 38.1 Å². The molecule has 1 aromatic rings. The normalized spacial score (nSPS) is 12.9. The quantitative estimate of drug-likeness (QED) is 0.796. The number of rotatable bonds is 4. The van der Waals surface area contributed by atoms with Gasteiger partial charge >= 0.3 is 0 Å². The number of hydrogen-bond donors (Lipinski definition) is 0. The molecule has 0 radical (unpaired) electrons. The Morgan fingerprint density at radius 1 is 1.31 bits per heavy atom. The Labute approximate surface area is 106 Å². The molecular formula is C12H20BrN3. The van der Waals surface area contributed by atoms with E-state index in [9.17, 15) is 0 Å². The number of alkyl halides is 1. The van der Waals surface area contributed by atoms with Gasteiger partial charge in [-0.25, -0.2) is 9.97 Å². The maximum atomic E-state index is 4.58. The molecule has 90 valence electrons. The monoisotopic (exact) mass is 285 g/mol. The van der Waals surface area contributed by atoms with E-state index in [4.69, 9.17) is 0 Å². The highest BCUT2D eigenvalue weighted by Gasteiger charge is 2.10. The molecule has 0 saturated heterocycles. The third-order valence-corrected chi connectivity index (χ3v) is 2.61. The van der Waals surface area contributed by atoms with Crippen LogP contribution in [0.3, 0.4) is 0 Å². The Morgan fingerprint density at radius 3 is 2.44 bits per heavy atom. The Hall–Kier alpha value is -0.640. The van der Waals surface area contributed by atoms with Gasteiger partial charge in [0, 0.05) is 29.8 Å². The average Bonchev–Trinajstić information content (AvgIpc) is 2.15. The van der Waals surface area contributed by atoms with Gasteiger partial charge in [0.15, 0.2) is 0 Å². The molecule has 0 saturated carbocycles. The number of anilines is 1. The van der Waals surface area contributed by atoms with Crippen molar-refractivity contribution in [3.8, 4) is 0 Å². The molecule has 0 fully saturated rings. The largest absolute Gasteiger partial charge is 0.343 e. The maximum absolute atomic E-state index is 4.58. The predicted octanol–water partition coefficient (Wildman–Crippen LogP) is 3.13. The van der Waals surface area contributed by atoms with E-state index >= 15 is 0 Å². The Kier molecular flexibility index (Phi) is 4.71. The number of aryl methyl sites for hydroxylation is 1. The second-order valence-corrected chi connectivity index (χ2v) is 6.11. The van der Waals surface area contributed by atoms with Crippen LogP contribution in [0.4, 0.5) is 5.95 Å². The molecule has 0 N–H and O–H groups in total. The van der Waals surface area contributed by atoms with E-state index in [1.54, 1.807) is 0 Å². The fourth-order valence-corrected chi connectivity index (χ4v) is 1.94. The third-order valence-electron chi connectivity index (χ3n) is 2.32. The van der Waals surface area contributed by atoms with E-state index in [2.05, 4.69) is 57.6 Å². The molecule has 4 heteroatoms. The van der Waals surface area contributed by atoms with Crippen LogP contribution in [0.25, 0.3) is 0 Å². The van der Waals surface area contributed by atoms with Gasteiger partial charge in [-0.2, -0.15) is 0 Å². The molecule has 0 aliphatic carbocycles. The van der Waals surface area contributed by atoms with Gasteiger partial charge in [0.05, 0.1) is 0 Å². The zero-order valence-corrected chi connectivity index (χ0v) is 12.2. The number of halogens is 1. The number of hydrogen-bond acceptors (Lipinski definition) is 3. The molecular weight excluding hydrogens is 266 g/mol. The smallest absolute Gasteiger partial charge is 0.225 e. The van der Waals surface area contributed by atoms with Crippen LogP contribution in [0.2, 0.25) is 0 Å². The van der Waals surface area contributed by atoms with E-state index < -0.39 is 0 Å². The highest BCUT2D eigenvalue weighted by atomic mass is 79.9. The van der Waals surface area contributed by atoms with Gasteiger partial charge in [-0.15, -0.1) is 0 Å². The van der Waals surface area contributed by atoms with Crippen molar-refractivity contribution in [2.24, 2.45) is 0 Å².